The molecule has 0 bridgehead atoms. The minimum atomic E-state index is -5.09. The third kappa shape index (κ3) is 6.09. The van der Waals surface area contributed by atoms with Crippen LogP contribution in [0.3, 0.4) is 0 Å². The van der Waals surface area contributed by atoms with Crippen molar-refractivity contribution in [1.82, 2.24) is 24.8 Å². The molecular weight excluding hydrogens is 474 g/mol. The summed E-state index contributed by atoms with van der Waals surface area (Å²) in [5.41, 5.74) is 5.15. The van der Waals surface area contributed by atoms with Gasteiger partial charge in [0.05, 0.1) is 12.9 Å². The molecule has 16 nitrogen and oxygen atoms in total. The first kappa shape index (κ1) is 24.2. The van der Waals surface area contributed by atoms with E-state index in [9.17, 15) is 28.5 Å². The molecule has 1 aliphatic heterocycles. The molecule has 2 aromatic rings. The average Bonchev–Trinajstić information content (AvgIpc) is 3.30. The summed E-state index contributed by atoms with van der Waals surface area (Å²) in [6, 6.07) is 0. The quantitative estimate of drug-likeness (QED) is 0.165. The number of ether oxygens (including phenoxy) is 1. The smallest absolute Gasteiger partial charge is 0.369 e. The number of phosphoric acid groups is 2. The molecule has 4 unspecified atom stereocenters. The first-order valence-corrected chi connectivity index (χ1v) is 12.0. The zero-order valence-electron chi connectivity index (χ0n) is 16.3. The Morgan fingerprint density at radius 2 is 2.19 bits per heavy atom. The van der Waals surface area contributed by atoms with E-state index in [0.717, 1.165) is 6.08 Å². The number of aromatic amines is 1. The first-order valence-electron chi connectivity index (χ1n) is 8.97. The van der Waals surface area contributed by atoms with E-state index in [1.54, 1.807) is 0 Å². The van der Waals surface area contributed by atoms with Gasteiger partial charge in [0.25, 0.3) is 5.56 Å². The van der Waals surface area contributed by atoms with Gasteiger partial charge >= 0.3 is 15.6 Å². The van der Waals surface area contributed by atoms with Crippen LogP contribution >= 0.6 is 15.6 Å². The van der Waals surface area contributed by atoms with Gasteiger partial charge in [-0.3, -0.25) is 28.2 Å². The van der Waals surface area contributed by atoms with Crippen LogP contribution in [0, 0.1) is 0 Å². The summed E-state index contributed by atoms with van der Waals surface area (Å²) in [6.45, 7) is 2.55. The fourth-order valence-corrected chi connectivity index (χ4v) is 4.92. The van der Waals surface area contributed by atoms with Gasteiger partial charge in [-0.05, 0) is 12.5 Å². The maximum atomic E-state index is 12.1. The second-order valence-electron chi connectivity index (χ2n) is 6.33. The second-order valence-corrected chi connectivity index (χ2v) is 9.32. The fraction of sp³-hybridized carbons (Fsp3) is 0.429. The number of rotatable bonds is 10. The standard InChI is InChI=1S/C14H20N6O10P2/c1-2-8(21)16-5-6-27-31(23,24)30-32(25,26)29-10-4-3-9(28-10)20-7-17-11-12(20)18-14(15)19-13(11)22/h2,7,9-10H,1,3-6H2,(H,16,21)(H,23,24)(H,25,26)(H3,15,18,19,22). The highest BCUT2D eigenvalue weighted by Gasteiger charge is 2.40. The number of anilines is 1. The van der Waals surface area contributed by atoms with Gasteiger partial charge in [-0.25, -0.2) is 14.1 Å². The van der Waals surface area contributed by atoms with E-state index < -0.39 is 46.2 Å². The molecule has 3 rings (SSSR count). The number of imidazole rings is 1. The summed E-state index contributed by atoms with van der Waals surface area (Å²) in [5.74, 6) is -0.675. The van der Waals surface area contributed by atoms with Gasteiger partial charge in [0.2, 0.25) is 11.9 Å². The van der Waals surface area contributed by atoms with Crippen molar-refractivity contribution in [3.63, 3.8) is 0 Å². The van der Waals surface area contributed by atoms with Crippen molar-refractivity contribution < 1.29 is 41.8 Å². The lowest BCUT2D eigenvalue weighted by atomic mass is 10.3. The highest BCUT2D eigenvalue weighted by Crippen LogP contribution is 2.61. The maximum Gasteiger partial charge on any atom is 0.483 e. The lowest BCUT2D eigenvalue weighted by Crippen LogP contribution is -2.24. The van der Waals surface area contributed by atoms with Crippen molar-refractivity contribution in [2.24, 2.45) is 0 Å². The van der Waals surface area contributed by atoms with Crippen LogP contribution in [0.2, 0.25) is 0 Å². The van der Waals surface area contributed by atoms with Gasteiger partial charge < -0.3 is 25.6 Å². The van der Waals surface area contributed by atoms with Gasteiger partial charge in [0, 0.05) is 13.0 Å². The minimum absolute atomic E-state index is 0.0194. The van der Waals surface area contributed by atoms with Crippen LogP contribution in [0.25, 0.3) is 11.2 Å². The molecule has 2 aromatic heterocycles. The molecule has 1 aliphatic rings. The zero-order chi connectivity index (χ0) is 23.5. The second kappa shape index (κ2) is 9.60. The number of hydrogen-bond acceptors (Lipinski definition) is 11. The molecule has 0 aliphatic carbocycles. The number of nitrogen functional groups attached to an aromatic ring is 1. The molecule has 1 fully saturated rings. The van der Waals surface area contributed by atoms with E-state index in [1.165, 1.54) is 10.9 Å². The SMILES string of the molecule is C=CC(=O)NCCOP(=O)(O)OP(=O)(O)OC1CCC(n2cnc3c(=O)[nH]c(N)nc32)O1. The van der Waals surface area contributed by atoms with E-state index in [0.29, 0.717) is 0 Å². The summed E-state index contributed by atoms with van der Waals surface area (Å²) in [6.07, 6.45) is 0.566. The summed E-state index contributed by atoms with van der Waals surface area (Å²) < 4.78 is 44.4. The molecule has 6 N–H and O–H groups in total. The molecule has 1 amide bonds. The Morgan fingerprint density at radius 1 is 1.44 bits per heavy atom. The van der Waals surface area contributed by atoms with Crippen molar-refractivity contribution in [1.29, 1.82) is 0 Å². The molecule has 176 valence electrons. The van der Waals surface area contributed by atoms with E-state index in [4.69, 9.17) is 15.0 Å². The summed E-state index contributed by atoms with van der Waals surface area (Å²) in [4.78, 5) is 52.5. The molecule has 3 heterocycles. The Bertz CT molecular complexity index is 1160. The van der Waals surface area contributed by atoms with Crippen LogP contribution in [0.1, 0.15) is 19.1 Å². The Balaban J connectivity index is 1.57. The number of carbonyl (C=O) groups excluding carboxylic acids is 1. The lowest BCUT2D eigenvalue weighted by molar-refractivity contribution is -0.116. The predicted octanol–water partition coefficient (Wildman–Crippen LogP) is -0.110. The van der Waals surface area contributed by atoms with Crippen molar-refractivity contribution in [3.05, 3.63) is 29.3 Å². The van der Waals surface area contributed by atoms with Crippen LogP contribution in [-0.4, -0.2) is 54.7 Å². The number of amides is 1. The van der Waals surface area contributed by atoms with E-state index in [1.807, 2.05) is 0 Å². The first-order chi connectivity index (χ1) is 15.0. The van der Waals surface area contributed by atoms with Crippen molar-refractivity contribution >= 4 is 38.7 Å². The Kier molecular flexibility index (Phi) is 7.27. The molecule has 0 aromatic carbocycles. The Morgan fingerprint density at radius 3 is 2.91 bits per heavy atom. The van der Waals surface area contributed by atoms with Crippen molar-refractivity contribution in [2.75, 3.05) is 18.9 Å². The topological polar surface area (TPSA) is 230 Å². The van der Waals surface area contributed by atoms with Gasteiger partial charge in [-0.1, -0.05) is 6.58 Å². The zero-order valence-corrected chi connectivity index (χ0v) is 18.1. The van der Waals surface area contributed by atoms with Crippen LogP contribution in [0.15, 0.2) is 23.8 Å². The van der Waals surface area contributed by atoms with Gasteiger partial charge in [0.1, 0.15) is 6.23 Å². The molecule has 0 radical (unpaired) electrons. The molecule has 0 spiro atoms. The number of fused-ring (bicyclic) bond motifs is 1. The normalized spacial score (nSPS) is 22.3. The number of hydrogen-bond donors (Lipinski definition) is 5. The van der Waals surface area contributed by atoms with E-state index in [-0.39, 0.29) is 36.5 Å². The number of H-pyrrole nitrogens is 1. The number of nitrogens with two attached hydrogens (primary N) is 1. The molecule has 4 atom stereocenters. The van der Waals surface area contributed by atoms with E-state index in [2.05, 4.69) is 35.7 Å². The molecule has 18 heteroatoms. The number of nitrogens with zero attached hydrogens (tertiary/aromatic N) is 3. The Labute approximate surface area is 179 Å². The number of phosphoric ester groups is 2. The number of nitrogens with one attached hydrogen (secondary N) is 2. The van der Waals surface area contributed by atoms with Crippen molar-refractivity contribution in [2.45, 2.75) is 25.4 Å². The van der Waals surface area contributed by atoms with Crippen LogP contribution < -0.4 is 16.6 Å². The third-order valence-electron chi connectivity index (χ3n) is 4.02. The van der Waals surface area contributed by atoms with E-state index >= 15 is 0 Å². The largest absolute Gasteiger partial charge is 0.483 e. The fourth-order valence-electron chi connectivity index (χ4n) is 2.76. The molecular formula is C14H20N6O10P2. The third-order valence-corrected chi connectivity index (χ3v) is 6.68. The number of carbonyl (C=O) groups is 1. The highest BCUT2D eigenvalue weighted by atomic mass is 31.3. The van der Waals surface area contributed by atoms with Crippen LogP contribution in [0.5, 0.6) is 0 Å². The minimum Gasteiger partial charge on any atom is -0.369 e. The van der Waals surface area contributed by atoms with Gasteiger partial charge in [0.15, 0.2) is 17.5 Å². The average molecular weight is 494 g/mol. The molecule has 32 heavy (non-hydrogen) atoms. The van der Waals surface area contributed by atoms with Crippen LogP contribution in [0.4, 0.5) is 5.95 Å². The number of aromatic nitrogens is 4. The predicted molar refractivity (Wildman–Crippen MR) is 107 cm³/mol. The lowest BCUT2D eigenvalue weighted by Gasteiger charge is -2.19. The molecule has 1 saturated heterocycles. The molecule has 0 saturated carbocycles. The maximum absolute atomic E-state index is 12.1. The van der Waals surface area contributed by atoms with Crippen LogP contribution in [-0.2, 0) is 32.0 Å². The van der Waals surface area contributed by atoms with Gasteiger partial charge in [-0.2, -0.15) is 9.29 Å². The Hall–Kier alpha value is -2.42. The van der Waals surface area contributed by atoms with Crippen molar-refractivity contribution in [3.8, 4) is 0 Å². The monoisotopic (exact) mass is 494 g/mol. The van der Waals surface area contributed by atoms with Gasteiger partial charge in [-0.15, -0.1) is 0 Å². The summed E-state index contributed by atoms with van der Waals surface area (Å²) in [7, 11) is -10.1. The summed E-state index contributed by atoms with van der Waals surface area (Å²) >= 11 is 0. The highest BCUT2D eigenvalue weighted by molar-refractivity contribution is 7.61. The summed E-state index contributed by atoms with van der Waals surface area (Å²) in [5, 5.41) is 2.27.